The summed E-state index contributed by atoms with van der Waals surface area (Å²) in [5.41, 5.74) is 4.21. The molecular formula is C22H29N5O2. The Balaban J connectivity index is 1.39. The smallest absolute Gasteiger partial charge is 0.219 e. The van der Waals surface area contributed by atoms with Crippen molar-refractivity contribution in [1.29, 1.82) is 0 Å². The van der Waals surface area contributed by atoms with Crippen LogP contribution in [0.5, 0.6) is 5.75 Å². The summed E-state index contributed by atoms with van der Waals surface area (Å²) in [6, 6.07) is 4.89. The van der Waals surface area contributed by atoms with Gasteiger partial charge in [-0.05, 0) is 55.8 Å². The highest BCUT2D eigenvalue weighted by molar-refractivity contribution is 5.73. The Morgan fingerprint density at radius 1 is 1.14 bits per heavy atom. The molecule has 5 rings (SSSR count). The summed E-state index contributed by atoms with van der Waals surface area (Å²) in [5.74, 6) is 3.08. The van der Waals surface area contributed by atoms with Gasteiger partial charge in [-0.25, -0.2) is 0 Å². The maximum atomic E-state index is 11.7. The van der Waals surface area contributed by atoms with Crippen molar-refractivity contribution in [3.05, 3.63) is 40.5 Å². The van der Waals surface area contributed by atoms with E-state index in [2.05, 4.69) is 31.8 Å². The van der Waals surface area contributed by atoms with Crippen molar-refractivity contribution < 1.29 is 9.53 Å². The molecule has 29 heavy (non-hydrogen) atoms. The van der Waals surface area contributed by atoms with Gasteiger partial charge in [0.2, 0.25) is 5.91 Å². The number of carbonyl (C=O) groups is 1. The lowest BCUT2D eigenvalue weighted by Crippen LogP contribution is -2.38. The number of amides is 1. The minimum atomic E-state index is 0.104. The summed E-state index contributed by atoms with van der Waals surface area (Å²) >= 11 is 0. The fraction of sp³-hybridized carbons (Fsp3) is 0.591. The lowest BCUT2D eigenvalue weighted by molar-refractivity contribution is -0.130. The summed E-state index contributed by atoms with van der Waals surface area (Å²) in [5, 5.41) is 8.99. The molecule has 1 unspecified atom stereocenters. The monoisotopic (exact) mass is 395 g/mol. The number of aryl methyl sites for hydroxylation is 2. The number of likely N-dealkylation sites (tertiary alicyclic amines) is 1. The molecule has 2 aliphatic heterocycles. The van der Waals surface area contributed by atoms with Gasteiger partial charge in [0, 0.05) is 32.1 Å². The molecule has 3 heterocycles. The Morgan fingerprint density at radius 3 is 2.76 bits per heavy atom. The number of methoxy groups -OCH3 is 1. The molecule has 1 aromatic carbocycles. The van der Waals surface area contributed by atoms with E-state index in [4.69, 9.17) is 4.74 Å². The highest BCUT2D eigenvalue weighted by Crippen LogP contribution is 2.36. The number of hydrogen-bond acceptors (Lipinski definition) is 5. The first-order valence-corrected chi connectivity index (χ1v) is 10.7. The second-order valence-electron chi connectivity index (χ2n) is 8.48. The van der Waals surface area contributed by atoms with E-state index in [-0.39, 0.29) is 11.9 Å². The molecule has 1 aliphatic carbocycles. The van der Waals surface area contributed by atoms with Gasteiger partial charge in [0.15, 0.2) is 11.6 Å². The zero-order valence-corrected chi connectivity index (χ0v) is 17.4. The lowest BCUT2D eigenvalue weighted by atomic mass is 10.0. The van der Waals surface area contributed by atoms with Gasteiger partial charge in [0.25, 0.3) is 0 Å². The van der Waals surface area contributed by atoms with E-state index in [1.807, 2.05) is 4.90 Å². The Bertz CT molecular complexity index is 938. The van der Waals surface area contributed by atoms with Crippen LogP contribution in [0.3, 0.4) is 0 Å². The Kier molecular flexibility index (Phi) is 4.78. The fourth-order valence-corrected chi connectivity index (χ4v) is 5.19. The van der Waals surface area contributed by atoms with Crippen molar-refractivity contribution in [2.24, 2.45) is 0 Å². The van der Waals surface area contributed by atoms with Gasteiger partial charge < -0.3 is 14.2 Å². The maximum absolute atomic E-state index is 11.7. The molecule has 7 nitrogen and oxygen atoms in total. The Hall–Kier alpha value is -2.41. The van der Waals surface area contributed by atoms with Gasteiger partial charge in [-0.2, -0.15) is 0 Å². The summed E-state index contributed by atoms with van der Waals surface area (Å²) in [6.45, 7) is 5.64. The van der Waals surface area contributed by atoms with Crippen molar-refractivity contribution in [1.82, 2.24) is 24.6 Å². The highest BCUT2D eigenvalue weighted by Gasteiger charge is 2.33. The normalized spacial score (nSPS) is 21.3. The number of hydrogen-bond donors (Lipinski definition) is 0. The Labute approximate surface area is 171 Å². The number of benzene rings is 1. The molecule has 1 aromatic heterocycles. The van der Waals surface area contributed by atoms with Crippen LogP contribution >= 0.6 is 0 Å². The van der Waals surface area contributed by atoms with Crippen LogP contribution in [-0.4, -0.2) is 50.7 Å². The third-order valence-corrected chi connectivity index (χ3v) is 6.76. The summed E-state index contributed by atoms with van der Waals surface area (Å²) in [6.07, 6.45) is 5.86. The fourth-order valence-electron chi connectivity index (χ4n) is 5.19. The van der Waals surface area contributed by atoms with E-state index in [0.29, 0.717) is 6.54 Å². The van der Waals surface area contributed by atoms with E-state index in [0.717, 1.165) is 50.0 Å². The molecular weight excluding hydrogens is 366 g/mol. The van der Waals surface area contributed by atoms with E-state index in [1.54, 1.807) is 14.0 Å². The van der Waals surface area contributed by atoms with Gasteiger partial charge in [-0.15, -0.1) is 10.2 Å². The van der Waals surface area contributed by atoms with E-state index >= 15 is 0 Å². The molecule has 0 radical (unpaired) electrons. The Morgan fingerprint density at radius 2 is 1.97 bits per heavy atom. The minimum absolute atomic E-state index is 0.104. The molecule has 1 fully saturated rings. The van der Waals surface area contributed by atoms with Crippen molar-refractivity contribution in [3.63, 3.8) is 0 Å². The van der Waals surface area contributed by atoms with Crippen LogP contribution in [0.25, 0.3) is 0 Å². The number of rotatable bonds is 4. The van der Waals surface area contributed by atoms with Gasteiger partial charge in [0.05, 0.1) is 19.7 Å². The third-order valence-electron chi connectivity index (χ3n) is 6.76. The predicted octanol–water partition coefficient (Wildman–Crippen LogP) is 2.47. The molecule has 0 spiro atoms. The molecule has 7 heteroatoms. The van der Waals surface area contributed by atoms with Crippen LogP contribution in [0, 0.1) is 0 Å². The average Bonchev–Trinajstić information content (AvgIpc) is 3.45. The standard InChI is InChI=1S/C22H29N5O2/c1-15(28)25-9-10-27-21(14-25)23-24-22(27)19-7-4-8-26(19)13-18-11-16-5-3-6-17(16)12-20(18)29-2/h11-12,19H,3-10,13-14H2,1-2H3. The first kappa shape index (κ1) is 18.6. The maximum Gasteiger partial charge on any atom is 0.219 e. The molecule has 1 saturated heterocycles. The van der Waals surface area contributed by atoms with Crippen LogP contribution in [0.15, 0.2) is 12.1 Å². The molecule has 1 amide bonds. The minimum Gasteiger partial charge on any atom is -0.496 e. The zero-order chi connectivity index (χ0) is 20.0. The van der Waals surface area contributed by atoms with Gasteiger partial charge in [-0.3, -0.25) is 9.69 Å². The zero-order valence-electron chi connectivity index (χ0n) is 17.4. The van der Waals surface area contributed by atoms with Gasteiger partial charge in [0.1, 0.15) is 5.75 Å². The van der Waals surface area contributed by atoms with Crippen LogP contribution in [-0.2, 0) is 37.3 Å². The van der Waals surface area contributed by atoms with Crippen LogP contribution in [0.2, 0.25) is 0 Å². The van der Waals surface area contributed by atoms with Crippen LogP contribution in [0.1, 0.15) is 60.6 Å². The van der Waals surface area contributed by atoms with E-state index < -0.39 is 0 Å². The topological polar surface area (TPSA) is 63.5 Å². The molecule has 0 saturated carbocycles. The molecule has 0 N–H and O–H groups in total. The van der Waals surface area contributed by atoms with Crippen molar-refractivity contribution in [2.75, 3.05) is 20.2 Å². The highest BCUT2D eigenvalue weighted by atomic mass is 16.5. The molecule has 1 atom stereocenters. The first-order valence-electron chi connectivity index (χ1n) is 10.7. The summed E-state index contributed by atoms with van der Waals surface area (Å²) in [7, 11) is 1.78. The number of ether oxygens (including phenoxy) is 1. The number of fused-ring (bicyclic) bond motifs is 2. The van der Waals surface area contributed by atoms with Crippen LogP contribution < -0.4 is 4.74 Å². The van der Waals surface area contributed by atoms with Crippen molar-refractivity contribution in [2.45, 2.75) is 64.7 Å². The SMILES string of the molecule is COc1cc2c(cc1CN1CCCC1c1nnc3n1CCN(C(C)=O)C3)CCC2. The molecule has 154 valence electrons. The molecule has 0 bridgehead atoms. The quantitative estimate of drug-likeness (QED) is 0.796. The predicted molar refractivity (Wildman–Crippen MR) is 109 cm³/mol. The summed E-state index contributed by atoms with van der Waals surface area (Å²) < 4.78 is 7.97. The third kappa shape index (κ3) is 3.31. The van der Waals surface area contributed by atoms with E-state index in [1.165, 1.54) is 42.4 Å². The summed E-state index contributed by atoms with van der Waals surface area (Å²) in [4.78, 5) is 16.1. The van der Waals surface area contributed by atoms with Crippen molar-refractivity contribution >= 4 is 5.91 Å². The van der Waals surface area contributed by atoms with Crippen LogP contribution in [0.4, 0.5) is 0 Å². The van der Waals surface area contributed by atoms with Crippen molar-refractivity contribution in [3.8, 4) is 5.75 Å². The number of aromatic nitrogens is 3. The molecule has 2 aromatic rings. The average molecular weight is 396 g/mol. The van der Waals surface area contributed by atoms with Gasteiger partial charge >= 0.3 is 0 Å². The number of nitrogens with zero attached hydrogens (tertiary/aromatic N) is 5. The number of carbonyl (C=O) groups excluding carboxylic acids is 1. The largest absolute Gasteiger partial charge is 0.496 e. The second-order valence-corrected chi connectivity index (χ2v) is 8.48. The lowest BCUT2D eigenvalue weighted by Gasteiger charge is -2.29. The van der Waals surface area contributed by atoms with E-state index in [9.17, 15) is 4.79 Å². The first-order chi connectivity index (χ1) is 14.1. The molecule has 3 aliphatic rings. The second kappa shape index (κ2) is 7.44. The van der Waals surface area contributed by atoms with Gasteiger partial charge in [-0.1, -0.05) is 6.07 Å².